The minimum Gasteiger partial charge on any atom is -0.373 e. The lowest BCUT2D eigenvalue weighted by Gasteiger charge is -2.36. The SMILES string of the molecule is CN=C(NCCc1sc(C)nc1C)N1CC2OCCN(Cc3ccccc3)C2C1. The fraction of sp³-hybridized carbons (Fsp3) is 0.545. The smallest absolute Gasteiger partial charge is 0.193 e. The van der Waals surface area contributed by atoms with Gasteiger partial charge in [0.25, 0.3) is 0 Å². The Morgan fingerprint density at radius 3 is 2.83 bits per heavy atom. The highest BCUT2D eigenvalue weighted by atomic mass is 32.1. The molecule has 3 heterocycles. The fourth-order valence-corrected chi connectivity index (χ4v) is 5.31. The summed E-state index contributed by atoms with van der Waals surface area (Å²) in [6.07, 6.45) is 1.23. The molecule has 1 aromatic carbocycles. The van der Waals surface area contributed by atoms with Gasteiger partial charge in [-0.05, 0) is 19.4 Å². The van der Waals surface area contributed by atoms with Crippen LogP contribution in [-0.2, 0) is 17.7 Å². The minimum absolute atomic E-state index is 0.248. The van der Waals surface area contributed by atoms with E-state index < -0.39 is 0 Å². The van der Waals surface area contributed by atoms with E-state index in [2.05, 4.69) is 69.3 Å². The standard InChI is InChI=1S/C22H31N5OS/c1-16-21(29-17(2)25-16)9-10-24-22(23-3)27-14-19-20(15-27)28-12-11-26(19)13-18-7-5-4-6-8-18/h4-8,19-20H,9-15H2,1-3H3,(H,23,24). The molecule has 0 bridgehead atoms. The van der Waals surface area contributed by atoms with Gasteiger partial charge in [-0.15, -0.1) is 11.3 Å². The summed E-state index contributed by atoms with van der Waals surface area (Å²) in [5, 5.41) is 4.69. The highest BCUT2D eigenvalue weighted by Crippen LogP contribution is 2.25. The lowest BCUT2D eigenvalue weighted by Crippen LogP contribution is -2.50. The zero-order valence-corrected chi connectivity index (χ0v) is 18.4. The van der Waals surface area contributed by atoms with Gasteiger partial charge < -0.3 is 15.0 Å². The number of benzene rings is 1. The number of likely N-dealkylation sites (tertiary alicyclic amines) is 1. The molecule has 0 amide bonds. The fourth-order valence-electron chi connectivity index (χ4n) is 4.37. The average Bonchev–Trinajstić information content (AvgIpc) is 3.29. The van der Waals surface area contributed by atoms with E-state index >= 15 is 0 Å². The van der Waals surface area contributed by atoms with Gasteiger partial charge in [-0.1, -0.05) is 30.3 Å². The molecule has 0 aliphatic carbocycles. The number of thiazole rings is 1. The van der Waals surface area contributed by atoms with E-state index in [1.54, 1.807) is 11.3 Å². The van der Waals surface area contributed by atoms with Crippen LogP contribution in [0.5, 0.6) is 0 Å². The quantitative estimate of drug-likeness (QED) is 0.603. The normalized spacial score (nSPS) is 22.7. The van der Waals surface area contributed by atoms with Gasteiger partial charge >= 0.3 is 0 Å². The second-order valence-electron chi connectivity index (χ2n) is 7.80. The van der Waals surface area contributed by atoms with Crippen molar-refractivity contribution in [3.05, 3.63) is 51.5 Å². The summed E-state index contributed by atoms with van der Waals surface area (Å²) < 4.78 is 6.11. The molecule has 0 radical (unpaired) electrons. The molecule has 4 rings (SSSR count). The number of guanidine groups is 1. The zero-order chi connectivity index (χ0) is 20.2. The Balaban J connectivity index is 1.34. The molecular formula is C22H31N5OS. The van der Waals surface area contributed by atoms with Gasteiger partial charge in [0.1, 0.15) is 0 Å². The zero-order valence-electron chi connectivity index (χ0n) is 17.6. The second kappa shape index (κ2) is 9.24. The first kappa shape index (κ1) is 20.3. The Kier molecular flexibility index (Phi) is 6.47. The average molecular weight is 414 g/mol. The van der Waals surface area contributed by atoms with Crippen molar-refractivity contribution in [3.63, 3.8) is 0 Å². The van der Waals surface area contributed by atoms with Crippen LogP contribution in [-0.4, -0.2) is 72.7 Å². The van der Waals surface area contributed by atoms with Crippen molar-refractivity contribution in [1.29, 1.82) is 0 Å². The molecule has 7 heteroatoms. The Morgan fingerprint density at radius 1 is 1.28 bits per heavy atom. The molecule has 6 nitrogen and oxygen atoms in total. The van der Waals surface area contributed by atoms with Gasteiger partial charge in [0.15, 0.2) is 5.96 Å². The van der Waals surface area contributed by atoms with Crippen molar-refractivity contribution in [2.45, 2.75) is 39.0 Å². The number of aromatic nitrogens is 1. The molecule has 29 heavy (non-hydrogen) atoms. The number of hydrogen-bond acceptors (Lipinski definition) is 5. The van der Waals surface area contributed by atoms with E-state index in [0.717, 1.165) is 62.4 Å². The number of nitrogens with one attached hydrogen (secondary N) is 1. The van der Waals surface area contributed by atoms with Crippen molar-refractivity contribution < 1.29 is 4.74 Å². The third kappa shape index (κ3) is 4.79. The molecule has 2 aromatic rings. The van der Waals surface area contributed by atoms with E-state index in [4.69, 9.17) is 4.74 Å². The molecule has 2 atom stereocenters. The second-order valence-corrected chi connectivity index (χ2v) is 9.09. The van der Waals surface area contributed by atoms with E-state index in [1.165, 1.54) is 10.4 Å². The largest absolute Gasteiger partial charge is 0.373 e. The van der Waals surface area contributed by atoms with E-state index in [0.29, 0.717) is 6.04 Å². The maximum atomic E-state index is 6.11. The van der Waals surface area contributed by atoms with Crippen LogP contribution < -0.4 is 5.32 Å². The van der Waals surface area contributed by atoms with Crippen LogP contribution in [0.25, 0.3) is 0 Å². The highest BCUT2D eigenvalue weighted by Gasteiger charge is 2.41. The first-order valence-electron chi connectivity index (χ1n) is 10.4. The van der Waals surface area contributed by atoms with Crippen molar-refractivity contribution in [1.82, 2.24) is 20.1 Å². The summed E-state index contributed by atoms with van der Waals surface area (Å²) in [5.41, 5.74) is 2.52. The van der Waals surface area contributed by atoms with Crippen molar-refractivity contribution in [3.8, 4) is 0 Å². The van der Waals surface area contributed by atoms with Gasteiger partial charge in [-0.2, -0.15) is 0 Å². The number of ether oxygens (including phenoxy) is 1. The van der Waals surface area contributed by atoms with Gasteiger partial charge in [-0.3, -0.25) is 9.89 Å². The predicted octanol–water partition coefficient (Wildman–Crippen LogP) is 2.46. The molecule has 1 aromatic heterocycles. The molecular weight excluding hydrogens is 382 g/mol. The van der Waals surface area contributed by atoms with Gasteiger partial charge in [0, 0.05) is 51.1 Å². The Bertz CT molecular complexity index is 837. The number of rotatable bonds is 5. The summed E-state index contributed by atoms with van der Waals surface area (Å²) in [5.74, 6) is 0.974. The van der Waals surface area contributed by atoms with Crippen LogP contribution in [0.2, 0.25) is 0 Å². The Morgan fingerprint density at radius 2 is 2.10 bits per heavy atom. The number of fused-ring (bicyclic) bond motifs is 1. The summed E-state index contributed by atoms with van der Waals surface area (Å²) >= 11 is 1.79. The molecule has 0 saturated carbocycles. The molecule has 1 N–H and O–H groups in total. The maximum Gasteiger partial charge on any atom is 0.193 e. The number of morpholine rings is 1. The first-order valence-corrected chi connectivity index (χ1v) is 11.2. The van der Waals surface area contributed by atoms with Crippen molar-refractivity contribution in [2.24, 2.45) is 4.99 Å². The number of hydrogen-bond donors (Lipinski definition) is 1. The van der Waals surface area contributed by atoms with Crippen LogP contribution in [0.15, 0.2) is 35.3 Å². The van der Waals surface area contributed by atoms with E-state index in [-0.39, 0.29) is 6.10 Å². The molecule has 2 aliphatic rings. The van der Waals surface area contributed by atoms with Gasteiger partial charge in [0.05, 0.1) is 29.5 Å². The highest BCUT2D eigenvalue weighted by molar-refractivity contribution is 7.11. The Labute approximate surface area is 177 Å². The molecule has 2 aliphatic heterocycles. The number of nitrogens with zero attached hydrogens (tertiary/aromatic N) is 4. The van der Waals surface area contributed by atoms with E-state index in [9.17, 15) is 0 Å². The number of aliphatic imine (C=N–C) groups is 1. The summed E-state index contributed by atoms with van der Waals surface area (Å²) in [4.78, 5) is 15.3. The number of aryl methyl sites for hydroxylation is 2. The van der Waals surface area contributed by atoms with Crippen LogP contribution in [0.1, 0.15) is 21.1 Å². The van der Waals surface area contributed by atoms with E-state index in [1.807, 2.05) is 7.05 Å². The van der Waals surface area contributed by atoms with Crippen LogP contribution in [0.3, 0.4) is 0 Å². The third-order valence-corrected chi connectivity index (χ3v) is 6.92. The molecule has 2 unspecified atom stereocenters. The molecule has 2 fully saturated rings. The van der Waals surface area contributed by atoms with Crippen LogP contribution in [0, 0.1) is 13.8 Å². The lowest BCUT2D eigenvalue weighted by atomic mass is 10.1. The molecule has 0 spiro atoms. The van der Waals surface area contributed by atoms with Crippen molar-refractivity contribution >= 4 is 17.3 Å². The van der Waals surface area contributed by atoms with Crippen molar-refractivity contribution in [2.75, 3.05) is 39.8 Å². The maximum absolute atomic E-state index is 6.11. The predicted molar refractivity (Wildman–Crippen MR) is 119 cm³/mol. The van der Waals surface area contributed by atoms with Gasteiger partial charge in [-0.25, -0.2) is 4.98 Å². The minimum atomic E-state index is 0.248. The topological polar surface area (TPSA) is 53.0 Å². The van der Waals surface area contributed by atoms with Crippen LogP contribution >= 0.6 is 11.3 Å². The van der Waals surface area contributed by atoms with Crippen LogP contribution in [0.4, 0.5) is 0 Å². The third-order valence-electron chi connectivity index (χ3n) is 5.79. The molecule has 2 saturated heterocycles. The summed E-state index contributed by atoms with van der Waals surface area (Å²) in [6.45, 7) is 9.66. The lowest BCUT2D eigenvalue weighted by molar-refractivity contribution is -0.0502. The summed E-state index contributed by atoms with van der Waals surface area (Å²) in [7, 11) is 1.87. The monoisotopic (exact) mass is 413 g/mol. The summed E-state index contributed by atoms with van der Waals surface area (Å²) in [6, 6.07) is 11.1. The molecule has 156 valence electrons. The van der Waals surface area contributed by atoms with Gasteiger partial charge in [0.2, 0.25) is 0 Å². The Hall–Kier alpha value is -1.96. The first-order chi connectivity index (χ1) is 14.1.